The molecule has 0 saturated heterocycles. The van der Waals surface area contributed by atoms with Gasteiger partial charge >= 0.3 is 0 Å². The first kappa shape index (κ1) is 18.6. The van der Waals surface area contributed by atoms with E-state index in [9.17, 15) is 9.59 Å². The number of amides is 2. The summed E-state index contributed by atoms with van der Waals surface area (Å²) in [6, 6.07) is 13.4. The number of benzene rings is 1. The van der Waals surface area contributed by atoms with Gasteiger partial charge in [-0.2, -0.15) is 0 Å². The highest BCUT2D eigenvalue weighted by atomic mass is 16.2. The fourth-order valence-electron chi connectivity index (χ4n) is 2.73. The van der Waals surface area contributed by atoms with Gasteiger partial charge in [0.15, 0.2) is 5.69 Å². The largest absolute Gasteiger partial charge is 0.347 e. The molecule has 2 aromatic heterocycles. The van der Waals surface area contributed by atoms with Crippen molar-refractivity contribution in [2.75, 3.05) is 0 Å². The Bertz CT molecular complexity index is 960. The zero-order chi connectivity index (χ0) is 19.4. The number of hydrogen-bond acceptors (Lipinski definition) is 3. The Hall–Kier alpha value is -3.15. The van der Waals surface area contributed by atoms with Crippen molar-refractivity contribution in [3.63, 3.8) is 0 Å². The fraction of sp³-hybridized carbons (Fsp3) is 0.286. The van der Waals surface area contributed by atoms with Crippen LogP contribution in [0, 0.1) is 6.92 Å². The third-order valence-electron chi connectivity index (χ3n) is 4.53. The molecule has 0 spiro atoms. The molecule has 1 atom stereocenters. The molecule has 1 unspecified atom stereocenters. The first-order chi connectivity index (χ1) is 13.0. The van der Waals surface area contributed by atoms with Gasteiger partial charge in [0.05, 0.1) is 5.52 Å². The molecule has 6 nitrogen and oxygen atoms in total. The lowest BCUT2D eigenvalue weighted by atomic mass is 10.1. The lowest BCUT2D eigenvalue weighted by molar-refractivity contribution is 0.0928. The van der Waals surface area contributed by atoms with E-state index in [1.807, 2.05) is 57.2 Å². The molecule has 2 amide bonds. The Kier molecular flexibility index (Phi) is 5.54. The molecule has 6 heteroatoms. The predicted octanol–water partition coefficient (Wildman–Crippen LogP) is 3.10. The first-order valence-electron chi connectivity index (χ1n) is 9.11. The average molecular weight is 364 g/mol. The number of imidazole rings is 1. The van der Waals surface area contributed by atoms with Gasteiger partial charge in [0.25, 0.3) is 11.8 Å². The van der Waals surface area contributed by atoms with Crippen LogP contribution >= 0.6 is 0 Å². The van der Waals surface area contributed by atoms with E-state index in [4.69, 9.17) is 0 Å². The topological polar surface area (TPSA) is 75.5 Å². The summed E-state index contributed by atoms with van der Waals surface area (Å²) >= 11 is 0. The van der Waals surface area contributed by atoms with Gasteiger partial charge in [-0.25, -0.2) is 4.98 Å². The Labute approximate surface area is 158 Å². The second kappa shape index (κ2) is 8.03. The third-order valence-corrected chi connectivity index (χ3v) is 4.53. The van der Waals surface area contributed by atoms with Crippen LogP contribution in [0.25, 0.3) is 5.52 Å². The lowest BCUT2D eigenvalue weighted by Gasteiger charge is -2.10. The minimum Gasteiger partial charge on any atom is -0.347 e. The molecular weight excluding hydrogens is 340 g/mol. The molecule has 3 rings (SSSR count). The number of aromatic nitrogens is 2. The van der Waals surface area contributed by atoms with E-state index in [2.05, 4.69) is 15.6 Å². The normalized spacial score (nSPS) is 12.0. The Morgan fingerprint density at radius 3 is 2.56 bits per heavy atom. The molecule has 1 aromatic carbocycles. The van der Waals surface area contributed by atoms with Crippen LogP contribution in [-0.4, -0.2) is 27.2 Å². The maximum Gasteiger partial charge on any atom is 0.287 e. The van der Waals surface area contributed by atoms with Crippen molar-refractivity contribution in [3.05, 3.63) is 71.3 Å². The number of carbonyl (C=O) groups is 2. The number of rotatable bonds is 6. The molecule has 2 N–H and O–H groups in total. The summed E-state index contributed by atoms with van der Waals surface area (Å²) in [6.45, 7) is 6.35. The molecule has 0 saturated carbocycles. The summed E-state index contributed by atoms with van der Waals surface area (Å²) in [5.41, 5.74) is 3.03. The molecule has 0 aliphatic heterocycles. The van der Waals surface area contributed by atoms with Gasteiger partial charge in [-0.3, -0.25) is 14.0 Å². The molecule has 140 valence electrons. The van der Waals surface area contributed by atoms with E-state index in [0.717, 1.165) is 12.0 Å². The molecule has 0 bridgehead atoms. The second-order valence-electron chi connectivity index (χ2n) is 6.69. The summed E-state index contributed by atoms with van der Waals surface area (Å²) in [5, 5.41) is 5.78. The van der Waals surface area contributed by atoms with Crippen molar-refractivity contribution in [1.82, 2.24) is 20.0 Å². The second-order valence-corrected chi connectivity index (χ2v) is 6.69. The Morgan fingerprint density at radius 1 is 1.11 bits per heavy atom. The van der Waals surface area contributed by atoms with Crippen LogP contribution in [0.5, 0.6) is 0 Å². The van der Waals surface area contributed by atoms with Crippen LogP contribution < -0.4 is 10.6 Å². The molecule has 0 fully saturated rings. The van der Waals surface area contributed by atoms with Crippen molar-refractivity contribution < 1.29 is 9.59 Å². The highest BCUT2D eigenvalue weighted by molar-refractivity contribution is 6.02. The maximum absolute atomic E-state index is 12.7. The van der Waals surface area contributed by atoms with Gasteiger partial charge in [-0.1, -0.05) is 42.8 Å². The van der Waals surface area contributed by atoms with Crippen LogP contribution in [0.1, 0.15) is 52.5 Å². The smallest absolute Gasteiger partial charge is 0.287 e. The van der Waals surface area contributed by atoms with Gasteiger partial charge in [-0.15, -0.1) is 0 Å². The average Bonchev–Trinajstić information content (AvgIpc) is 3.07. The highest BCUT2D eigenvalue weighted by Crippen LogP contribution is 2.14. The molecule has 27 heavy (non-hydrogen) atoms. The molecule has 2 heterocycles. The molecule has 3 aromatic rings. The lowest BCUT2D eigenvalue weighted by Crippen LogP contribution is -2.33. The minimum absolute atomic E-state index is 0.0346. The maximum atomic E-state index is 12.7. The molecule has 0 aliphatic carbocycles. The van der Waals surface area contributed by atoms with Crippen molar-refractivity contribution >= 4 is 17.3 Å². The summed E-state index contributed by atoms with van der Waals surface area (Å²) in [4.78, 5) is 29.6. The minimum atomic E-state index is -0.304. The Balaban J connectivity index is 1.84. The number of nitrogens with zero attached hydrogens (tertiary/aromatic N) is 2. The summed E-state index contributed by atoms with van der Waals surface area (Å²) in [5.74, 6) is -0.378. The van der Waals surface area contributed by atoms with Crippen LogP contribution in [-0.2, 0) is 6.54 Å². The number of hydrogen-bond donors (Lipinski definition) is 2. The van der Waals surface area contributed by atoms with Crippen molar-refractivity contribution in [2.45, 2.75) is 39.8 Å². The number of carbonyl (C=O) groups excluding carboxylic acids is 2. The van der Waals surface area contributed by atoms with E-state index >= 15 is 0 Å². The zero-order valence-electron chi connectivity index (χ0n) is 15.8. The van der Waals surface area contributed by atoms with Gasteiger partial charge in [0.1, 0.15) is 0 Å². The summed E-state index contributed by atoms with van der Waals surface area (Å²) in [6.07, 6.45) is 2.56. The summed E-state index contributed by atoms with van der Waals surface area (Å²) in [7, 11) is 0. The quantitative estimate of drug-likeness (QED) is 0.706. The van der Waals surface area contributed by atoms with Gasteiger partial charge in [-0.05, 0) is 38.0 Å². The van der Waals surface area contributed by atoms with Crippen molar-refractivity contribution in [2.24, 2.45) is 0 Å². The zero-order valence-corrected chi connectivity index (χ0v) is 15.8. The number of pyridine rings is 1. The van der Waals surface area contributed by atoms with E-state index in [1.165, 1.54) is 5.56 Å². The Morgan fingerprint density at radius 2 is 1.85 bits per heavy atom. The van der Waals surface area contributed by atoms with Crippen LogP contribution in [0.4, 0.5) is 0 Å². The standard InChI is InChI=1S/C21H24N4O2/c1-4-15(3)23-21(27)19-24-18(17-7-5-6-12-25(17)19)20(26)22-13-16-10-8-14(2)9-11-16/h5-12,15H,4,13H2,1-3H3,(H,22,26)(H,23,27). The molecule has 0 radical (unpaired) electrons. The van der Waals surface area contributed by atoms with E-state index < -0.39 is 0 Å². The van der Waals surface area contributed by atoms with Crippen LogP contribution in [0.3, 0.4) is 0 Å². The molecular formula is C21H24N4O2. The van der Waals surface area contributed by atoms with E-state index in [-0.39, 0.29) is 29.4 Å². The monoisotopic (exact) mass is 364 g/mol. The van der Waals surface area contributed by atoms with Crippen molar-refractivity contribution in [1.29, 1.82) is 0 Å². The van der Waals surface area contributed by atoms with Crippen molar-refractivity contribution in [3.8, 4) is 0 Å². The van der Waals surface area contributed by atoms with Crippen LogP contribution in [0.15, 0.2) is 48.7 Å². The number of aryl methyl sites for hydroxylation is 1. The SMILES string of the molecule is CCC(C)NC(=O)c1nc(C(=O)NCc2ccc(C)cc2)c2ccccn12. The van der Waals surface area contributed by atoms with E-state index in [1.54, 1.807) is 16.7 Å². The third kappa shape index (κ3) is 4.16. The molecule has 0 aliphatic rings. The van der Waals surface area contributed by atoms with E-state index in [0.29, 0.717) is 12.1 Å². The van der Waals surface area contributed by atoms with Gasteiger partial charge < -0.3 is 10.6 Å². The van der Waals surface area contributed by atoms with Crippen LogP contribution in [0.2, 0.25) is 0 Å². The first-order valence-corrected chi connectivity index (χ1v) is 9.11. The van der Waals surface area contributed by atoms with Gasteiger partial charge in [0, 0.05) is 18.8 Å². The fourth-order valence-corrected chi connectivity index (χ4v) is 2.73. The predicted molar refractivity (Wildman–Crippen MR) is 105 cm³/mol. The number of fused-ring (bicyclic) bond motifs is 1. The van der Waals surface area contributed by atoms with Gasteiger partial charge in [0.2, 0.25) is 5.82 Å². The number of nitrogens with one attached hydrogen (secondary N) is 2. The highest BCUT2D eigenvalue weighted by Gasteiger charge is 2.21. The summed E-state index contributed by atoms with van der Waals surface area (Å²) < 4.78 is 1.65.